The molecule has 0 spiro atoms. The van der Waals surface area contributed by atoms with Crippen LogP contribution in [0.1, 0.15) is 40.4 Å². The van der Waals surface area contributed by atoms with Crippen molar-refractivity contribution in [1.29, 1.82) is 0 Å². The van der Waals surface area contributed by atoms with E-state index in [0.717, 1.165) is 24.0 Å². The first-order valence-electron chi connectivity index (χ1n) is 6.47. The number of nitrogens with zero attached hydrogens (tertiary/aromatic N) is 4. The van der Waals surface area contributed by atoms with Crippen molar-refractivity contribution in [3.63, 3.8) is 0 Å². The molecule has 0 bridgehead atoms. The fourth-order valence-electron chi connectivity index (χ4n) is 1.52. The van der Waals surface area contributed by atoms with Crippen LogP contribution in [-0.4, -0.2) is 47.5 Å². The molecule has 0 aliphatic rings. The van der Waals surface area contributed by atoms with Crippen molar-refractivity contribution < 1.29 is 0 Å². The van der Waals surface area contributed by atoms with Crippen LogP contribution in [0.5, 0.6) is 0 Å². The van der Waals surface area contributed by atoms with Gasteiger partial charge >= 0.3 is 0 Å². The van der Waals surface area contributed by atoms with Crippen LogP contribution in [0.2, 0.25) is 0 Å². The molecule has 5 heteroatoms. The van der Waals surface area contributed by atoms with Crippen LogP contribution in [0.4, 0.5) is 5.13 Å². The summed E-state index contributed by atoms with van der Waals surface area (Å²) in [6.07, 6.45) is 0. The first-order valence-corrected chi connectivity index (χ1v) is 7.24. The predicted octanol–water partition coefficient (Wildman–Crippen LogP) is 2.61. The lowest BCUT2D eigenvalue weighted by molar-refractivity contribution is 0.408. The molecule has 0 aliphatic heterocycles. The van der Waals surface area contributed by atoms with Gasteiger partial charge in [-0.3, -0.25) is 0 Å². The van der Waals surface area contributed by atoms with Crippen LogP contribution in [0, 0.1) is 0 Å². The molecule has 0 radical (unpaired) electrons. The molecule has 1 aromatic heterocycles. The topological polar surface area (TPSA) is 32.3 Å². The molecule has 0 aliphatic carbocycles. The van der Waals surface area contributed by atoms with Crippen LogP contribution in [0.3, 0.4) is 0 Å². The van der Waals surface area contributed by atoms with Crippen LogP contribution in [0.25, 0.3) is 0 Å². The van der Waals surface area contributed by atoms with E-state index in [4.69, 9.17) is 4.98 Å². The van der Waals surface area contributed by atoms with E-state index >= 15 is 0 Å². The van der Waals surface area contributed by atoms with E-state index in [9.17, 15) is 0 Å². The van der Waals surface area contributed by atoms with Gasteiger partial charge in [-0.1, -0.05) is 20.8 Å². The fourth-order valence-corrected chi connectivity index (χ4v) is 2.54. The molecule has 4 nitrogen and oxygen atoms in total. The second kappa shape index (κ2) is 5.97. The monoisotopic (exact) mass is 270 g/mol. The van der Waals surface area contributed by atoms with Gasteiger partial charge in [0, 0.05) is 36.1 Å². The van der Waals surface area contributed by atoms with Gasteiger partial charge in [0.25, 0.3) is 0 Å². The maximum atomic E-state index is 4.70. The van der Waals surface area contributed by atoms with Crippen LogP contribution >= 0.6 is 11.5 Å². The van der Waals surface area contributed by atoms with Crippen LogP contribution in [-0.2, 0) is 5.41 Å². The Bertz CT molecular complexity index is 365. The SMILES string of the molecule is CC(C)N(CCN(C)C)c1nc(C(C)(C)C)ns1. The van der Waals surface area contributed by atoms with Gasteiger partial charge in [-0.25, -0.2) is 4.98 Å². The Morgan fingerprint density at radius 3 is 2.17 bits per heavy atom. The van der Waals surface area contributed by atoms with Crippen molar-refractivity contribution in [2.24, 2.45) is 0 Å². The summed E-state index contributed by atoms with van der Waals surface area (Å²) in [5.74, 6) is 0.943. The van der Waals surface area contributed by atoms with Gasteiger partial charge in [0.2, 0.25) is 5.13 Å². The summed E-state index contributed by atoms with van der Waals surface area (Å²) in [4.78, 5) is 9.22. The summed E-state index contributed by atoms with van der Waals surface area (Å²) in [5, 5.41) is 1.04. The molecule has 0 amide bonds. The summed E-state index contributed by atoms with van der Waals surface area (Å²) >= 11 is 1.51. The first kappa shape index (κ1) is 15.4. The second-order valence-electron chi connectivity index (χ2n) is 6.24. The van der Waals surface area contributed by atoms with Crippen molar-refractivity contribution in [2.45, 2.75) is 46.1 Å². The number of aromatic nitrogens is 2. The van der Waals surface area contributed by atoms with E-state index in [-0.39, 0.29) is 5.41 Å². The number of anilines is 1. The highest BCUT2D eigenvalue weighted by Crippen LogP contribution is 2.26. The van der Waals surface area contributed by atoms with E-state index < -0.39 is 0 Å². The second-order valence-corrected chi connectivity index (χ2v) is 6.97. The smallest absolute Gasteiger partial charge is 0.205 e. The molecule has 0 unspecified atom stereocenters. The summed E-state index contributed by atoms with van der Waals surface area (Å²) in [5.41, 5.74) is 0.0267. The van der Waals surface area contributed by atoms with Crippen molar-refractivity contribution in [2.75, 3.05) is 32.1 Å². The Kier molecular flexibility index (Phi) is 5.10. The van der Waals surface area contributed by atoms with Gasteiger partial charge in [-0.2, -0.15) is 4.37 Å². The Hall–Kier alpha value is -0.680. The van der Waals surface area contributed by atoms with Gasteiger partial charge in [0.15, 0.2) is 0 Å². The van der Waals surface area contributed by atoms with Crippen molar-refractivity contribution >= 4 is 16.7 Å². The van der Waals surface area contributed by atoms with E-state index in [0.29, 0.717) is 6.04 Å². The summed E-state index contributed by atoms with van der Waals surface area (Å²) in [7, 11) is 4.19. The zero-order valence-corrected chi connectivity index (χ0v) is 13.5. The molecule has 0 saturated carbocycles. The molecule has 0 fully saturated rings. The average Bonchev–Trinajstić information content (AvgIpc) is 2.65. The highest BCUT2D eigenvalue weighted by atomic mass is 32.1. The molecule has 1 heterocycles. The lowest BCUT2D eigenvalue weighted by Gasteiger charge is -2.27. The van der Waals surface area contributed by atoms with Gasteiger partial charge in [0.1, 0.15) is 5.82 Å². The number of hydrogen-bond acceptors (Lipinski definition) is 5. The molecular formula is C13H26N4S. The lowest BCUT2D eigenvalue weighted by atomic mass is 9.96. The normalized spacial score (nSPS) is 12.5. The molecule has 18 heavy (non-hydrogen) atoms. The quantitative estimate of drug-likeness (QED) is 0.823. The third-order valence-electron chi connectivity index (χ3n) is 2.74. The Morgan fingerprint density at radius 1 is 1.17 bits per heavy atom. The zero-order valence-electron chi connectivity index (χ0n) is 12.7. The number of rotatable bonds is 5. The van der Waals surface area contributed by atoms with Gasteiger partial charge in [0.05, 0.1) is 0 Å². The van der Waals surface area contributed by atoms with Gasteiger partial charge in [-0.15, -0.1) is 0 Å². The molecule has 1 rings (SSSR count). The average molecular weight is 270 g/mol. The maximum absolute atomic E-state index is 4.70. The number of hydrogen-bond donors (Lipinski definition) is 0. The fraction of sp³-hybridized carbons (Fsp3) is 0.846. The highest BCUT2D eigenvalue weighted by Gasteiger charge is 2.22. The van der Waals surface area contributed by atoms with Crippen molar-refractivity contribution in [1.82, 2.24) is 14.3 Å². The minimum Gasteiger partial charge on any atom is -0.343 e. The standard InChI is InChI=1S/C13H26N4S/c1-10(2)17(9-8-16(6)7)12-14-11(15-18-12)13(3,4)5/h10H,8-9H2,1-7H3. The third kappa shape index (κ3) is 4.21. The minimum absolute atomic E-state index is 0.0267. The van der Waals surface area contributed by atoms with E-state index in [1.165, 1.54) is 11.5 Å². The molecular weight excluding hydrogens is 244 g/mol. The summed E-state index contributed by atoms with van der Waals surface area (Å²) in [6.45, 7) is 12.9. The minimum atomic E-state index is 0.0267. The van der Waals surface area contributed by atoms with Crippen LogP contribution < -0.4 is 4.90 Å². The maximum Gasteiger partial charge on any atom is 0.205 e. The molecule has 1 aromatic rings. The van der Waals surface area contributed by atoms with Gasteiger partial charge in [-0.05, 0) is 27.9 Å². The van der Waals surface area contributed by atoms with Crippen molar-refractivity contribution in [3.05, 3.63) is 5.82 Å². The molecule has 0 N–H and O–H groups in total. The summed E-state index contributed by atoms with van der Waals surface area (Å²) in [6, 6.07) is 0.450. The highest BCUT2D eigenvalue weighted by molar-refractivity contribution is 7.09. The molecule has 0 saturated heterocycles. The zero-order chi connectivity index (χ0) is 13.9. The largest absolute Gasteiger partial charge is 0.343 e. The molecule has 0 atom stereocenters. The third-order valence-corrected chi connectivity index (χ3v) is 3.50. The first-order chi connectivity index (χ1) is 8.21. The Morgan fingerprint density at radius 2 is 1.78 bits per heavy atom. The van der Waals surface area contributed by atoms with E-state index in [1.54, 1.807) is 0 Å². The predicted molar refractivity (Wildman–Crippen MR) is 79.6 cm³/mol. The Labute approximate surface area is 115 Å². The van der Waals surface area contributed by atoms with Crippen molar-refractivity contribution in [3.8, 4) is 0 Å². The van der Waals surface area contributed by atoms with Crippen LogP contribution in [0.15, 0.2) is 0 Å². The Balaban J connectivity index is 2.83. The lowest BCUT2D eigenvalue weighted by Crippen LogP contribution is -2.36. The van der Waals surface area contributed by atoms with E-state index in [1.807, 2.05) is 0 Å². The van der Waals surface area contributed by atoms with E-state index in [2.05, 4.69) is 62.9 Å². The number of likely N-dealkylation sites (N-methyl/N-ethyl adjacent to an activating group) is 1. The van der Waals surface area contributed by atoms with Gasteiger partial charge < -0.3 is 9.80 Å². The summed E-state index contributed by atoms with van der Waals surface area (Å²) < 4.78 is 4.49. The molecule has 0 aromatic carbocycles. The molecule has 104 valence electrons.